The highest BCUT2D eigenvalue weighted by atomic mass is 16.5. The van der Waals surface area contributed by atoms with Gasteiger partial charge in [-0.05, 0) is 42.3 Å². The number of aromatic nitrogens is 4. The summed E-state index contributed by atoms with van der Waals surface area (Å²) in [7, 11) is 1.64. The lowest BCUT2D eigenvalue weighted by molar-refractivity contribution is 0.294. The van der Waals surface area contributed by atoms with Gasteiger partial charge < -0.3 is 19.3 Å². The fraction of sp³-hybridized carbons (Fsp3) is 0.148. The van der Waals surface area contributed by atoms with Crippen LogP contribution in [0.2, 0.25) is 0 Å². The van der Waals surface area contributed by atoms with Crippen molar-refractivity contribution in [3.8, 4) is 28.9 Å². The molecule has 0 saturated heterocycles. The average molecular weight is 466 g/mol. The quantitative estimate of drug-likeness (QED) is 0.382. The molecule has 0 bridgehead atoms. The average Bonchev–Trinajstić information content (AvgIpc) is 3.30. The number of ether oxygens (including phenoxy) is 3. The van der Waals surface area contributed by atoms with Gasteiger partial charge >= 0.3 is 0 Å². The summed E-state index contributed by atoms with van der Waals surface area (Å²) in [5.74, 6) is 2.97. The van der Waals surface area contributed by atoms with Crippen LogP contribution in [0.4, 0.5) is 0 Å². The van der Waals surface area contributed by atoms with Crippen LogP contribution in [0.3, 0.4) is 0 Å². The molecule has 0 unspecified atom stereocenters. The maximum Gasteiger partial charge on any atom is 0.228 e. The Kier molecular flexibility index (Phi) is 4.99. The molecule has 1 N–H and O–H groups in total. The number of phenolic OH excluding ortho intramolecular Hbond substituents is 1. The van der Waals surface area contributed by atoms with Gasteiger partial charge in [0.1, 0.15) is 35.9 Å². The zero-order valence-electron chi connectivity index (χ0n) is 19.2. The SMILES string of the molecule is COc1ccc([C@H]2c3ccc(O)cc3Oc3ncn4nc(COc5ccccc5C)nc4c32)cc1. The van der Waals surface area contributed by atoms with E-state index in [1.807, 2.05) is 61.5 Å². The Bertz CT molecular complexity index is 1550. The maximum atomic E-state index is 10.1. The van der Waals surface area contributed by atoms with Crippen LogP contribution in [0.15, 0.2) is 73.1 Å². The number of para-hydroxylation sites is 1. The first-order valence-corrected chi connectivity index (χ1v) is 11.2. The van der Waals surface area contributed by atoms with Crippen LogP contribution in [0.1, 0.15) is 34.0 Å². The van der Waals surface area contributed by atoms with Crippen LogP contribution in [0.5, 0.6) is 28.9 Å². The van der Waals surface area contributed by atoms with Gasteiger partial charge in [-0.25, -0.2) is 14.5 Å². The molecule has 5 aromatic rings. The Morgan fingerprint density at radius 1 is 1.06 bits per heavy atom. The summed E-state index contributed by atoms with van der Waals surface area (Å²) in [4.78, 5) is 9.33. The number of phenols is 1. The van der Waals surface area contributed by atoms with Gasteiger partial charge in [0.25, 0.3) is 0 Å². The predicted molar refractivity (Wildman–Crippen MR) is 128 cm³/mol. The minimum atomic E-state index is -0.231. The molecular weight excluding hydrogens is 444 g/mol. The van der Waals surface area contributed by atoms with E-state index >= 15 is 0 Å². The van der Waals surface area contributed by atoms with E-state index in [1.54, 1.807) is 30.1 Å². The van der Waals surface area contributed by atoms with Crippen molar-refractivity contribution in [2.75, 3.05) is 7.11 Å². The van der Waals surface area contributed by atoms with Crippen molar-refractivity contribution in [3.05, 3.63) is 101 Å². The second kappa shape index (κ2) is 8.32. The van der Waals surface area contributed by atoms with Crippen molar-refractivity contribution in [3.63, 3.8) is 0 Å². The van der Waals surface area contributed by atoms with Gasteiger partial charge in [0.2, 0.25) is 5.88 Å². The van der Waals surface area contributed by atoms with Crippen LogP contribution >= 0.6 is 0 Å². The number of hydrogen-bond acceptors (Lipinski definition) is 7. The van der Waals surface area contributed by atoms with E-state index < -0.39 is 0 Å². The second-order valence-electron chi connectivity index (χ2n) is 8.34. The molecule has 6 rings (SSSR count). The highest BCUT2D eigenvalue weighted by Crippen LogP contribution is 2.48. The number of rotatable bonds is 5. The first kappa shape index (κ1) is 21.0. The largest absolute Gasteiger partial charge is 0.508 e. The molecule has 3 aromatic carbocycles. The monoisotopic (exact) mass is 466 g/mol. The molecule has 8 nitrogen and oxygen atoms in total. The van der Waals surface area contributed by atoms with E-state index in [0.717, 1.165) is 33.8 Å². The van der Waals surface area contributed by atoms with E-state index in [-0.39, 0.29) is 18.3 Å². The molecule has 1 atom stereocenters. The normalized spacial score (nSPS) is 14.2. The van der Waals surface area contributed by atoms with Crippen LogP contribution in [0.25, 0.3) is 5.65 Å². The fourth-order valence-corrected chi connectivity index (χ4v) is 4.41. The summed E-state index contributed by atoms with van der Waals surface area (Å²) in [6.07, 6.45) is 1.58. The third-order valence-corrected chi connectivity index (χ3v) is 6.13. The third-order valence-electron chi connectivity index (χ3n) is 6.13. The molecule has 0 aliphatic carbocycles. The Balaban J connectivity index is 1.46. The van der Waals surface area contributed by atoms with Gasteiger partial charge in [-0.2, -0.15) is 0 Å². The number of hydrogen-bond donors (Lipinski definition) is 1. The van der Waals surface area contributed by atoms with Crippen molar-refractivity contribution in [1.29, 1.82) is 0 Å². The Morgan fingerprint density at radius 2 is 1.89 bits per heavy atom. The summed E-state index contributed by atoms with van der Waals surface area (Å²) in [6.45, 7) is 2.22. The fourth-order valence-electron chi connectivity index (χ4n) is 4.41. The van der Waals surface area contributed by atoms with Gasteiger partial charge in [-0.15, -0.1) is 5.10 Å². The summed E-state index contributed by atoms with van der Waals surface area (Å²) < 4.78 is 19.1. The number of benzene rings is 3. The van der Waals surface area contributed by atoms with Crippen LogP contribution in [-0.4, -0.2) is 31.8 Å². The molecule has 0 radical (unpaired) electrons. The first-order chi connectivity index (χ1) is 17.1. The minimum Gasteiger partial charge on any atom is -0.508 e. The topological polar surface area (TPSA) is 91.0 Å². The summed E-state index contributed by atoms with van der Waals surface area (Å²) in [6, 6.07) is 20.8. The second-order valence-corrected chi connectivity index (χ2v) is 8.34. The maximum absolute atomic E-state index is 10.1. The molecule has 0 fully saturated rings. The van der Waals surface area contributed by atoms with Crippen molar-refractivity contribution in [2.24, 2.45) is 0 Å². The highest BCUT2D eigenvalue weighted by Gasteiger charge is 2.33. The Hall–Kier alpha value is -4.59. The highest BCUT2D eigenvalue weighted by molar-refractivity contribution is 5.66. The molecule has 0 saturated carbocycles. The molecule has 8 heteroatoms. The van der Waals surface area contributed by atoms with Crippen LogP contribution < -0.4 is 14.2 Å². The van der Waals surface area contributed by atoms with Gasteiger partial charge in [0.05, 0.1) is 12.7 Å². The summed E-state index contributed by atoms with van der Waals surface area (Å²) >= 11 is 0. The van der Waals surface area contributed by atoms with Crippen molar-refractivity contribution >= 4 is 5.65 Å². The molecule has 35 heavy (non-hydrogen) atoms. The lowest BCUT2D eigenvalue weighted by Gasteiger charge is -2.28. The van der Waals surface area contributed by atoms with Crippen LogP contribution in [0, 0.1) is 6.92 Å². The van der Waals surface area contributed by atoms with Gasteiger partial charge in [0, 0.05) is 17.5 Å². The minimum absolute atomic E-state index is 0.125. The van der Waals surface area contributed by atoms with E-state index in [0.29, 0.717) is 23.1 Å². The number of fused-ring (bicyclic) bond motifs is 4. The molecule has 1 aliphatic rings. The van der Waals surface area contributed by atoms with E-state index in [9.17, 15) is 5.11 Å². The predicted octanol–water partition coefficient (Wildman–Crippen LogP) is 5.01. The number of methoxy groups -OCH3 is 1. The Morgan fingerprint density at radius 3 is 2.69 bits per heavy atom. The number of nitrogens with zero attached hydrogens (tertiary/aromatic N) is 4. The lowest BCUT2D eigenvalue weighted by Crippen LogP contribution is -2.15. The van der Waals surface area contributed by atoms with Crippen molar-refractivity contribution in [1.82, 2.24) is 19.6 Å². The molecule has 1 aliphatic heterocycles. The van der Waals surface area contributed by atoms with Gasteiger partial charge in [0.15, 0.2) is 11.5 Å². The smallest absolute Gasteiger partial charge is 0.228 e. The van der Waals surface area contributed by atoms with Crippen LogP contribution in [-0.2, 0) is 6.61 Å². The standard InChI is InChI=1S/C27H22N4O4/c1-16-5-3-4-6-21(16)34-14-23-29-26-25-24(17-7-10-19(33-2)11-8-17)20-12-9-18(32)13-22(20)35-27(25)28-15-31(26)30-23/h3-13,15,24,32H,14H2,1-2H3/t24-/m0/s1. The third kappa shape index (κ3) is 3.69. The first-order valence-electron chi connectivity index (χ1n) is 11.2. The molecule has 2 aromatic heterocycles. The van der Waals surface area contributed by atoms with Gasteiger partial charge in [-0.3, -0.25) is 0 Å². The van der Waals surface area contributed by atoms with E-state index in [2.05, 4.69) is 10.1 Å². The van der Waals surface area contributed by atoms with E-state index in [1.165, 1.54) is 0 Å². The molecule has 0 amide bonds. The lowest BCUT2D eigenvalue weighted by atomic mass is 9.84. The molecule has 0 spiro atoms. The van der Waals surface area contributed by atoms with E-state index in [4.69, 9.17) is 19.2 Å². The summed E-state index contributed by atoms with van der Waals surface area (Å²) in [5.41, 5.74) is 4.39. The summed E-state index contributed by atoms with van der Waals surface area (Å²) in [5, 5.41) is 14.6. The molecular formula is C27H22N4O4. The Labute approximate surface area is 201 Å². The number of aromatic hydroxyl groups is 1. The number of aryl methyl sites for hydroxylation is 1. The van der Waals surface area contributed by atoms with Crippen molar-refractivity contribution < 1.29 is 19.3 Å². The molecule has 174 valence electrons. The zero-order valence-corrected chi connectivity index (χ0v) is 19.2. The van der Waals surface area contributed by atoms with Crippen molar-refractivity contribution in [2.45, 2.75) is 19.4 Å². The zero-order chi connectivity index (χ0) is 23.9. The van der Waals surface area contributed by atoms with Gasteiger partial charge in [-0.1, -0.05) is 36.4 Å². The molecule has 3 heterocycles.